The summed E-state index contributed by atoms with van der Waals surface area (Å²) >= 11 is 0. The fourth-order valence-electron chi connectivity index (χ4n) is 3.23. The number of carbonyl (C=O) groups is 1. The summed E-state index contributed by atoms with van der Waals surface area (Å²) in [5.74, 6) is 5.61. The topological polar surface area (TPSA) is 88.4 Å². The number of rotatable bonds is 6. The van der Waals surface area contributed by atoms with Crippen LogP contribution in [-0.4, -0.2) is 18.6 Å². The molecule has 25 heavy (non-hydrogen) atoms. The van der Waals surface area contributed by atoms with Gasteiger partial charge in [-0.1, -0.05) is 48.5 Å². The van der Waals surface area contributed by atoms with E-state index in [1.54, 1.807) is 0 Å². The fourth-order valence-corrected chi connectivity index (χ4v) is 3.23. The lowest BCUT2D eigenvalue weighted by Crippen LogP contribution is -2.41. The predicted octanol–water partition coefficient (Wildman–Crippen LogP) is 1.45. The molecular weight excluding hydrogens is 316 g/mol. The van der Waals surface area contributed by atoms with E-state index in [9.17, 15) is 4.79 Å². The van der Waals surface area contributed by atoms with Gasteiger partial charge >= 0.3 is 0 Å². The third-order valence-electron chi connectivity index (χ3n) is 4.55. The zero-order chi connectivity index (χ0) is 17.6. The molecule has 0 aliphatic carbocycles. The summed E-state index contributed by atoms with van der Waals surface area (Å²) in [6.45, 7) is 2.52. The molecule has 1 saturated heterocycles. The van der Waals surface area contributed by atoms with E-state index < -0.39 is 0 Å². The van der Waals surface area contributed by atoms with Crippen LogP contribution in [0.4, 0.5) is 0 Å². The van der Waals surface area contributed by atoms with E-state index in [2.05, 4.69) is 28.4 Å². The second-order valence-corrected chi connectivity index (χ2v) is 6.21. The summed E-state index contributed by atoms with van der Waals surface area (Å²) in [4.78, 5) is 12.2. The molecule has 132 valence electrons. The zero-order valence-corrected chi connectivity index (χ0v) is 14.2. The van der Waals surface area contributed by atoms with Gasteiger partial charge in [-0.2, -0.15) is 0 Å². The lowest BCUT2D eigenvalue weighted by molar-refractivity contribution is -0.125. The van der Waals surface area contributed by atoms with E-state index in [4.69, 9.17) is 10.6 Å². The van der Waals surface area contributed by atoms with E-state index in [1.807, 2.05) is 49.4 Å². The molecule has 1 fully saturated rings. The first kappa shape index (κ1) is 17.4. The first-order chi connectivity index (χ1) is 12.2. The standard InChI is InChI=1S/C19H24N4O2/c1-13-17(19(24)21-20)18(23-22-13)15-9-5-6-10-16(15)25-12-11-14-7-3-2-4-8-14/h2-10,13,17-18,22-23H,11-12,20H2,1H3,(H,21,24). The van der Waals surface area contributed by atoms with Crippen LogP contribution in [0, 0.1) is 5.92 Å². The van der Waals surface area contributed by atoms with Crippen LogP contribution in [0.15, 0.2) is 54.6 Å². The van der Waals surface area contributed by atoms with E-state index in [0.29, 0.717) is 6.61 Å². The molecule has 0 spiro atoms. The average molecular weight is 340 g/mol. The van der Waals surface area contributed by atoms with Crippen molar-refractivity contribution in [1.82, 2.24) is 16.3 Å². The maximum atomic E-state index is 12.2. The molecule has 5 N–H and O–H groups in total. The summed E-state index contributed by atoms with van der Waals surface area (Å²) in [6.07, 6.45) is 0.828. The highest BCUT2D eigenvalue weighted by molar-refractivity contribution is 5.80. The van der Waals surface area contributed by atoms with Crippen LogP contribution in [0.1, 0.15) is 24.1 Å². The van der Waals surface area contributed by atoms with Crippen LogP contribution < -0.4 is 26.9 Å². The highest BCUT2D eigenvalue weighted by atomic mass is 16.5. The highest BCUT2D eigenvalue weighted by Gasteiger charge is 2.40. The Morgan fingerprint density at radius 3 is 2.60 bits per heavy atom. The molecule has 0 bridgehead atoms. The van der Waals surface area contributed by atoms with Crippen LogP contribution >= 0.6 is 0 Å². The SMILES string of the molecule is CC1NNC(c2ccccc2OCCc2ccccc2)C1C(=O)NN. The molecule has 0 radical (unpaired) electrons. The van der Waals surface area contributed by atoms with Gasteiger partial charge < -0.3 is 4.74 Å². The minimum Gasteiger partial charge on any atom is -0.493 e. The van der Waals surface area contributed by atoms with Crippen LogP contribution in [-0.2, 0) is 11.2 Å². The normalized spacial score (nSPS) is 22.6. The van der Waals surface area contributed by atoms with Gasteiger partial charge in [0.2, 0.25) is 5.91 Å². The molecule has 6 heteroatoms. The largest absolute Gasteiger partial charge is 0.493 e. The molecule has 0 aromatic heterocycles. The predicted molar refractivity (Wildman–Crippen MR) is 96.4 cm³/mol. The maximum Gasteiger partial charge on any atom is 0.240 e. The van der Waals surface area contributed by atoms with Gasteiger partial charge in [0, 0.05) is 18.0 Å². The van der Waals surface area contributed by atoms with Crippen LogP contribution in [0.3, 0.4) is 0 Å². The highest BCUT2D eigenvalue weighted by Crippen LogP contribution is 2.34. The van der Waals surface area contributed by atoms with Gasteiger partial charge in [-0.25, -0.2) is 11.3 Å². The molecule has 6 nitrogen and oxygen atoms in total. The van der Waals surface area contributed by atoms with Crippen molar-refractivity contribution < 1.29 is 9.53 Å². The second-order valence-electron chi connectivity index (χ2n) is 6.21. The second kappa shape index (κ2) is 8.11. The maximum absolute atomic E-state index is 12.2. The number of hydrogen-bond donors (Lipinski definition) is 4. The molecule has 1 aliphatic heterocycles. The van der Waals surface area contributed by atoms with Crippen molar-refractivity contribution >= 4 is 5.91 Å². The molecule has 1 amide bonds. The minimum absolute atomic E-state index is 0.0362. The number of ether oxygens (including phenoxy) is 1. The van der Waals surface area contributed by atoms with E-state index in [-0.39, 0.29) is 23.9 Å². The third kappa shape index (κ3) is 3.99. The van der Waals surface area contributed by atoms with Crippen LogP contribution in [0.2, 0.25) is 0 Å². The summed E-state index contributed by atoms with van der Waals surface area (Å²) in [6, 6.07) is 17.8. The monoisotopic (exact) mass is 340 g/mol. The van der Waals surface area contributed by atoms with Gasteiger partial charge in [0.05, 0.1) is 18.6 Å². The fraction of sp³-hybridized carbons (Fsp3) is 0.316. The van der Waals surface area contributed by atoms with Gasteiger partial charge in [-0.05, 0) is 18.6 Å². The van der Waals surface area contributed by atoms with Crippen molar-refractivity contribution in [2.45, 2.75) is 25.4 Å². The number of amides is 1. The van der Waals surface area contributed by atoms with Crippen LogP contribution in [0.5, 0.6) is 5.75 Å². The van der Waals surface area contributed by atoms with E-state index in [0.717, 1.165) is 17.7 Å². The third-order valence-corrected chi connectivity index (χ3v) is 4.55. The number of nitrogens with two attached hydrogens (primary N) is 1. The zero-order valence-electron chi connectivity index (χ0n) is 14.2. The number of hydrazine groups is 2. The van der Waals surface area contributed by atoms with Crippen molar-refractivity contribution in [2.75, 3.05) is 6.61 Å². The molecule has 2 aromatic rings. The lowest BCUT2D eigenvalue weighted by atomic mass is 9.89. The molecule has 1 aliphatic rings. The van der Waals surface area contributed by atoms with Gasteiger partial charge in [0.25, 0.3) is 0 Å². The summed E-state index contributed by atoms with van der Waals surface area (Å²) in [5.41, 5.74) is 10.7. The Labute approximate surface area is 147 Å². The molecule has 3 rings (SSSR count). The molecule has 3 unspecified atom stereocenters. The van der Waals surface area contributed by atoms with Crippen molar-refractivity contribution in [3.8, 4) is 5.75 Å². The Bertz CT molecular complexity index is 708. The number of benzene rings is 2. The smallest absolute Gasteiger partial charge is 0.240 e. The molecular formula is C19H24N4O2. The number of nitrogens with one attached hydrogen (secondary N) is 3. The summed E-state index contributed by atoms with van der Waals surface area (Å²) in [5, 5.41) is 0. The molecule has 1 heterocycles. The quantitative estimate of drug-likeness (QED) is 0.363. The first-order valence-electron chi connectivity index (χ1n) is 8.48. The molecule has 3 atom stereocenters. The number of carbonyl (C=O) groups excluding carboxylic acids is 1. The van der Waals surface area contributed by atoms with Gasteiger partial charge in [-0.15, -0.1) is 0 Å². The Kier molecular flexibility index (Phi) is 5.65. The lowest BCUT2D eigenvalue weighted by Gasteiger charge is -2.22. The Balaban J connectivity index is 1.73. The summed E-state index contributed by atoms with van der Waals surface area (Å²) in [7, 11) is 0. The van der Waals surface area contributed by atoms with E-state index in [1.165, 1.54) is 5.56 Å². The van der Waals surface area contributed by atoms with Gasteiger partial charge in [-0.3, -0.25) is 15.6 Å². The molecule has 2 aromatic carbocycles. The Morgan fingerprint density at radius 2 is 1.84 bits per heavy atom. The van der Waals surface area contributed by atoms with Crippen molar-refractivity contribution in [3.63, 3.8) is 0 Å². The molecule has 0 saturated carbocycles. The summed E-state index contributed by atoms with van der Waals surface area (Å²) < 4.78 is 6.02. The average Bonchev–Trinajstić information content (AvgIpc) is 3.04. The van der Waals surface area contributed by atoms with Gasteiger partial charge in [0.1, 0.15) is 5.75 Å². The van der Waals surface area contributed by atoms with Gasteiger partial charge in [0.15, 0.2) is 0 Å². The van der Waals surface area contributed by atoms with Crippen molar-refractivity contribution in [3.05, 3.63) is 65.7 Å². The van der Waals surface area contributed by atoms with Crippen LogP contribution in [0.25, 0.3) is 0 Å². The Hall–Kier alpha value is -2.41. The Morgan fingerprint density at radius 1 is 1.12 bits per heavy atom. The first-order valence-corrected chi connectivity index (χ1v) is 8.48. The van der Waals surface area contributed by atoms with E-state index >= 15 is 0 Å². The number of para-hydroxylation sites is 1. The van der Waals surface area contributed by atoms with Crippen molar-refractivity contribution in [2.24, 2.45) is 11.8 Å². The van der Waals surface area contributed by atoms with Crippen molar-refractivity contribution in [1.29, 1.82) is 0 Å². The minimum atomic E-state index is -0.316. The number of hydrogen-bond acceptors (Lipinski definition) is 5.